The van der Waals surface area contributed by atoms with Gasteiger partial charge >= 0.3 is 26.4 Å². The van der Waals surface area contributed by atoms with Crippen LogP contribution in [0.4, 0.5) is 6.18 Å². The van der Waals surface area contributed by atoms with Gasteiger partial charge in [0, 0.05) is 0 Å². The van der Waals surface area contributed by atoms with Gasteiger partial charge < -0.3 is 0 Å². The number of rotatable bonds is 0. The first kappa shape index (κ1) is 9.49. The predicted molar refractivity (Wildman–Crippen MR) is 41.8 cm³/mol. The third-order valence-corrected chi connectivity index (χ3v) is 1.55. The minimum absolute atomic E-state index is 1.33. The van der Waals surface area contributed by atoms with Crippen molar-refractivity contribution < 1.29 is 26.4 Å². The van der Waals surface area contributed by atoms with Crippen LogP contribution in [0.15, 0.2) is 42.5 Å². The van der Waals surface area contributed by atoms with Crippen LogP contribution in [0.2, 0.25) is 0 Å². The molecular weight excluding hydrogens is 194 g/mol. The second kappa shape index (κ2) is 5.12. The molecule has 0 nitrogen and oxygen atoms in total. The van der Waals surface area contributed by atoms with Crippen LogP contribution in [0, 0.1) is 0 Å². The van der Waals surface area contributed by atoms with Gasteiger partial charge in [-0.3, -0.25) is 0 Å². The first-order chi connectivity index (χ1) is 5.88. The van der Waals surface area contributed by atoms with E-state index in [1.807, 2.05) is 0 Å². The van der Waals surface area contributed by atoms with Gasteiger partial charge in [0.15, 0.2) is 0 Å². The standard InChI is InChI=1S/C9H7.2FH.Ti/c1-2-5-9-7-3-6-8(9)4-1;;;/h1-7H;2*1H;/q-1;;;+2/p-2. The molecule has 0 aliphatic carbocycles. The molecule has 2 aromatic carbocycles. The zero-order chi connectivity index (χ0) is 8.81. The van der Waals surface area contributed by atoms with Crippen molar-refractivity contribution in [3.63, 3.8) is 0 Å². The molecule has 62 valence electrons. The molecule has 0 amide bonds. The summed E-state index contributed by atoms with van der Waals surface area (Å²) in [6.07, 6.45) is 0. The van der Waals surface area contributed by atoms with Crippen LogP contribution < -0.4 is 0 Å². The largest absolute Gasteiger partial charge is 0.168 e. The summed E-state index contributed by atoms with van der Waals surface area (Å²) in [6, 6.07) is 14.7. The van der Waals surface area contributed by atoms with Crippen molar-refractivity contribution in [3.8, 4) is 0 Å². The maximum Gasteiger partial charge on any atom is -0.0809 e. The Bertz CT molecular complexity index is 300. The van der Waals surface area contributed by atoms with Gasteiger partial charge in [-0.2, -0.15) is 17.5 Å². The molecule has 0 saturated heterocycles. The minimum atomic E-state index is -2.50. The van der Waals surface area contributed by atoms with Crippen molar-refractivity contribution in [2.75, 3.05) is 0 Å². The molecule has 0 atom stereocenters. The van der Waals surface area contributed by atoms with Gasteiger partial charge in [0.05, 0.1) is 0 Å². The van der Waals surface area contributed by atoms with E-state index in [-0.39, 0.29) is 0 Å². The molecular formula is C9H7F2Ti-. The molecule has 0 N–H and O–H groups in total. The molecule has 0 heterocycles. The van der Waals surface area contributed by atoms with Crippen molar-refractivity contribution in [1.82, 2.24) is 0 Å². The first-order valence-electron chi connectivity index (χ1n) is 3.45. The zero-order valence-electron chi connectivity index (χ0n) is 6.30. The van der Waals surface area contributed by atoms with Crippen LogP contribution in [0.3, 0.4) is 0 Å². The van der Waals surface area contributed by atoms with E-state index in [1.165, 1.54) is 10.8 Å². The van der Waals surface area contributed by atoms with E-state index in [2.05, 4.69) is 42.5 Å². The third-order valence-electron chi connectivity index (χ3n) is 1.55. The van der Waals surface area contributed by atoms with E-state index in [9.17, 15) is 6.18 Å². The summed E-state index contributed by atoms with van der Waals surface area (Å²) >= 11 is -2.50. The van der Waals surface area contributed by atoms with Crippen molar-refractivity contribution >= 4 is 10.8 Å². The molecule has 0 fully saturated rings. The molecule has 0 saturated carbocycles. The topological polar surface area (TPSA) is 0 Å². The first-order valence-corrected chi connectivity index (χ1v) is 4.63. The molecule has 3 heteroatoms. The maximum absolute atomic E-state index is 9.75. The van der Waals surface area contributed by atoms with Gasteiger partial charge in [-0.05, 0) is 0 Å². The Morgan fingerprint density at radius 1 is 1.08 bits per heavy atom. The Kier molecular flexibility index (Phi) is 4.05. The van der Waals surface area contributed by atoms with Crippen LogP contribution in [0.5, 0.6) is 0 Å². The normalized spacial score (nSPS) is 8.83. The van der Waals surface area contributed by atoms with Gasteiger partial charge in [0.2, 0.25) is 0 Å². The van der Waals surface area contributed by atoms with Gasteiger partial charge in [-0.15, -0.1) is 29.7 Å². The Hall–Kier alpha value is -0.596. The Morgan fingerprint density at radius 2 is 1.75 bits per heavy atom. The Morgan fingerprint density at radius 3 is 2.42 bits per heavy atom. The van der Waals surface area contributed by atoms with Gasteiger partial charge in [-0.1, -0.05) is 6.07 Å². The molecule has 2 aromatic rings. The molecule has 0 unspecified atom stereocenters. The Balaban J connectivity index is 0.000000213. The number of benzene rings is 1. The van der Waals surface area contributed by atoms with Crippen LogP contribution >= 0.6 is 0 Å². The summed E-state index contributed by atoms with van der Waals surface area (Å²) in [5.41, 5.74) is 0. The van der Waals surface area contributed by atoms with Crippen molar-refractivity contribution in [3.05, 3.63) is 42.5 Å². The van der Waals surface area contributed by atoms with Crippen LogP contribution in [0.1, 0.15) is 0 Å². The van der Waals surface area contributed by atoms with Gasteiger partial charge in [0.25, 0.3) is 0 Å². The fraction of sp³-hybridized carbons (Fsp3) is 0. The summed E-state index contributed by atoms with van der Waals surface area (Å²) < 4.78 is 19.5. The van der Waals surface area contributed by atoms with Crippen molar-refractivity contribution in [2.45, 2.75) is 0 Å². The van der Waals surface area contributed by atoms with E-state index in [0.29, 0.717) is 0 Å². The molecule has 0 aliphatic rings. The molecule has 0 aromatic heterocycles. The monoisotopic (exact) mass is 201 g/mol. The molecule has 0 spiro atoms. The summed E-state index contributed by atoms with van der Waals surface area (Å²) in [5, 5.41) is 2.66. The smallest absolute Gasteiger partial charge is 0.0809 e. The van der Waals surface area contributed by atoms with Gasteiger partial charge in [0.1, 0.15) is 0 Å². The number of hydrogen-bond acceptors (Lipinski definition) is 0. The number of fused-ring (bicyclic) bond motifs is 1. The zero-order valence-corrected chi connectivity index (χ0v) is 7.86. The Labute approximate surface area is 79.8 Å². The van der Waals surface area contributed by atoms with Gasteiger partial charge in [-0.25, -0.2) is 0 Å². The van der Waals surface area contributed by atoms with Crippen molar-refractivity contribution in [2.24, 2.45) is 0 Å². The summed E-state index contributed by atoms with van der Waals surface area (Å²) in [5.74, 6) is 0. The predicted octanol–water partition coefficient (Wildman–Crippen LogP) is 3.40. The van der Waals surface area contributed by atoms with E-state index in [0.717, 1.165) is 0 Å². The van der Waals surface area contributed by atoms with Crippen LogP contribution in [-0.2, 0) is 20.2 Å². The average Bonchev–Trinajstić information content (AvgIpc) is 2.52. The van der Waals surface area contributed by atoms with E-state index >= 15 is 0 Å². The molecule has 0 radical (unpaired) electrons. The van der Waals surface area contributed by atoms with Crippen LogP contribution in [0.25, 0.3) is 10.8 Å². The summed E-state index contributed by atoms with van der Waals surface area (Å²) in [4.78, 5) is 0. The minimum Gasteiger partial charge on any atom is -0.168 e. The summed E-state index contributed by atoms with van der Waals surface area (Å²) in [6.45, 7) is 0. The summed E-state index contributed by atoms with van der Waals surface area (Å²) in [7, 11) is 0. The fourth-order valence-corrected chi connectivity index (χ4v) is 1.07. The SMILES string of the molecule is [F][Ti][F].c1ccc2[cH-]ccc2c1. The second-order valence-corrected chi connectivity index (χ2v) is 2.45. The number of halogens is 2. The van der Waals surface area contributed by atoms with E-state index in [1.54, 1.807) is 0 Å². The van der Waals surface area contributed by atoms with E-state index in [4.69, 9.17) is 0 Å². The fourth-order valence-electron chi connectivity index (χ4n) is 1.07. The number of hydrogen-bond donors (Lipinski definition) is 0. The third kappa shape index (κ3) is 2.47. The molecule has 0 aliphatic heterocycles. The van der Waals surface area contributed by atoms with Crippen LogP contribution in [-0.4, -0.2) is 0 Å². The molecule has 12 heavy (non-hydrogen) atoms. The van der Waals surface area contributed by atoms with E-state index < -0.39 is 20.2 Å². The second-order valence-electron chi connectivity index (χ2n) is 2.23. The average molecular weight is 201 g/mol. The quantitative estimate of drug-likeness (QED) is 0.452. The van der Waals surface area contributed by atoms with Crippen molar-refractivity contribution in [1.29, 1.82) is 0 Å². The molecule has 2 rings (SSSR count). The molecule has 0 bridgehead atoms. The maximum atomic E-state index is 9.75.